The van der Waals surface area contributed by atoms with Gasteiger partial charge in [-0.3, -0.25) is 4.99 Å². The van der Waals surface area contributed by atoms with Gasteiger partial charge in [-0.2, -0.15) is 0 Å². The quantitative estimate of drug-likeness (QED) is 0.521. The third-order valence-corrected chi connectivity index (χ3v) is 4.75. The zero-order chi connectivity index (χ0) is 17.5. The second kappa shape index (κ2) is 8.48. The Balaban J connectivity index is 1.50. The van der Waals surface area contributed by atoms with Crippen molar-refractivity contribution in [2.24, 2.45) is 4.99 Å². The van der Waals surface area contributed by atoms with E-state index in [1.807, 2.05) is 23.6 Å². The third kappa shape index (κ3) is 4.70. The predicted molar refractivity (Wildman–Crippen MR) is 103 cm³/mol. The first-order valence-electron chi connectivity index (χ1n) is 8.24. The zero-order valence-electron chi connectivity index (χ0n) is 14.4. The Kier molecular flexibility index (Phi) is 5.85. The van der Waals surface area contributed by atoms with Crippen LogP contribution >= 0.6 is 11.3 Å². The maximum Gasteiger partial charge on any atom is 0.236 e. The highest BCUT2D eigenvalue weighted by atomic mass is 32.1. The molecule has 25 heavy (non-hydrogen) atoms. The molecular weight excluding hydrogens is 332 g/mol. The van der Waals surface area contributed by atoms with Crippen molar-refractivity contribution >= 4 is 17.3 Å². The highest BCUT2D eigenvalue weighted by Gasteiger charge is 2.09. The zero-order valence-corrected chi connectivity index (χ0v) is 15.2. The van der Waals surface area contributed by atoms with Crippen LogP contribution in [0, 0.1) is 0 Å². The number of aromatic nitrogens is 1. The lowest BCUT2D eigenvalue weighted by atomic mass is 10.0. The fourth-order valence-electron chi connectivity index (χ4n) is 2.45. The Morgan fingerprint density at radius 3 is 2.76 bits per heavy atom. The van der Waals surface area contributed by atoms with Crippen LogP contribution in [0.1, 0.15) is 24.1 Å². The lowest BCUT2D eigenvalue weighted by molar-refractivity contribution is 0.573. The average molecular weight is 354 g/mol. The van der Waals surface area contributed by atoms with Gasteiger partial charge in [0, 0.05) is 13.6 Å². The van der Waals surface area contributed by atoms with Crippen LogP contribution in [0.4, 0.5) is 0 Å². The topological polar surface area (TPSA) is 62.5 Å². The molecule has 2 aromatic heterocycles. The Bertz CT molecular complexity index is 796. The first kappa shape index (κ1) is 17.2. The smallest absolute Gasteiger partial charge is 0.236 e. The number of nitrogens with one attached hydrogen (secondary N) is 2. The van der Waals surface area contributed by atoms with Crippen molar-refractivity contribution < 1.29 is 4.42 Å². The first-order chi connectivity index (χ1) is 12.3. The molecular formula is C19H22N4OS. The standard InChI is InChI=1S/C19H22N4OS/c1-14(15-7-4-3-5-8-15)11-21-19(20-2)22-12-16-13-24-18(23-16)17-9-6-10-25-17/h3-10,13-14H,11-12H2,1-2H3,(H2,20,21,22). The normalized spacial score (nSPS) is 12.8. The molecule has 0 saturated heterocycles. The molecule has 0 fully saturated rings. The van der Waals surface area contributed by atoms with Crippen molar-refractivity contribution in [1.82, 2.24) is 15.6 Å². The molecule has 6 heteroatoms. The first-order valence-corrected chi connectivity index (χ1v) is 9.12. The predicted octanol–water partition coefficient (Wildman–Crippen LogP) is 3.87. The van der Waals surface area contributed by atoms with E-state index in [1.165, 1.54) is 5.56 Å². The van der Waals surface area contributed by atoms with Crippen LogP contribution in [0.2, 0.25) is 0 Å². The molecule has 5 nitrogen and oxygen atoms in total. The fourth-order valence-corrected chi connectivity index (χ4v) is 3.10. The van der Waals surface area contributed by atoms with Crippen molar-refractivity contribution in [2.45, 2.75) is 19.4 Å². The van der Waals surface area contributed by atoms with Gasteiger partial charge in [-0.15, -0.1) is 11.3 Å². The van der Waals surface area contributed by atoms with Crippen LogP contribution in [0.25, 0.3) is 10.8 Å². The number of aliphatic imine (C=N–C) groups is 1. The van der Waals surface area contributed by atoms with E-state index in [2.05, 4.69) is 51.8 Å². The van der Waals surface area contributed by atoms with E-state index in [9.17, 15) is 0 Å². The second-order valence-electron chi connectivity index (χ2n) is 5.74. The molecule has 3 rings (SSSR count). The summed E-state index contributed by atoms with van der Waals surface area (Å²) in [5.41, 5.74) is 2.16. The molecule has 3 aromatic rings. The highest BCUT2D eigenvalue weighted by molar-refractivity contribution is 7.13. The van der Waals surface area contributed by atoms with Gasteiger partial charge in [-0.25, -0.2) is 4.98 Å². The summed E-state index contributed by atoms with van der Waals surface area (Å²) < 4.78 is 5.53. The van der Waals surface area contributed by atoms with Crippen LogP contribution in [-0.2, 0) is 6.54 Å². The Labute approximate surface area is 151 Å². The van der Waals surface area contributed by atoms with E-state index in [-0.39, 0.29) is 0 Å². The summed E-state index contributed by atoms with van der Waals surface area (Å²) in [7, 11) is 1.77. The summed E-state index contributed by atoms with van der Waals surface area (Å²) in [6.45, 7) is 3.57. The minimum atomic E-state index is 0.400. The average Bonchev–Trinajstić information content (AvgIpc) is 3.34. The summed E-state index contributed by atoms with van der Waals surface area (Å²) in [5.74, 6) is 1.81. The molecule has 130 valence electrons. The number of nitrogens with zero attached hydrogens (tertiary/aromatic N) is 2. The highest BCUT2D eigenvalue weighted by Crippen LogP contribution is 2.23. The number of rotatable bonds is 6. The van der Waals surface area contributed by atoms with Crippen LogP contribution < -0.4 is 10.6 Å². The summed E-state index contributed by atoms with van der Waals surface area (Å²) in [4.78, 5) is 9.80. The van der Waals surface area contributed by atoms with Gasteiger partial charge in [0.2, 0.25) is 5.89 Å². The molecule has 0 bridgehead atoms. The van der Waals surface area contributed by atoms with Gasteiger partial charge >= 0.3 is 0 Å². The molecule has 0 aliphatic heterocycles. The molecule has 0 saturated carbocycles. The Hall–Kier alpha value is -2.60. The Morgan fingerprint density at radius 2 is 2.04 bits per heavy atom. The monoisotopic (exact) mass is 354 g/mol. The van der Waals surface area contributed by atoms with Gasteiger partial charge in [-0.05, 0) is 22.9 Å². The van der Waals surface area contributed by atoms with E-state index in [0.29, 0.717) is 18.4 Å². The number of hydrogen-bond acceptors (Lipinski definition) is 4. The van der Waals surface area contributed by atoms with E-state index in [1.54, 1.807) is 24.6 Å². The minimum absolute atomic E-state index is 0.400. The number of benzene rings is 1. The fraction of sp³-hybridized carbons (Fsp3) is 0.263. The maximum atomic E-state index is 5.53. The third-order valence-electron chi connectivity index (χ3n) is 3.89. The Morgan fingerprint density at radius 1 is 1.20 bits per heavy atom. The van der Waals surface area contributed by atoms with Crippen LogP contribution in [0.3, 0.4) is 0 Å². The summed E-state index contributed by atoms with van der Waals surface area (Å²) in [6.07, 6.45) is 1.68. The summed E-state index contributed by atoms with van der Waals surface area (Å²) in [6, 6.07) is 14.4. The number of thiophene rings is 1. The van der Waals surface area contributed by atoms with Crippen molar-refractivity contribution in [2.75, 3.05) is 13.6 Å². The van der Waals surface area contributed by atoms with Gasteiger partial charge < -0.3 is 15.1 Å². The van der Waals surface area contributed by atoms with Crippen molar-refractivity contribution in [1.29, 1.82) is 0 Å². The van der Waals surface area contributed by atoms with Crippen molar-refractivity contribution in [3.05, 3.63) is 65.4 Å². The molecule has 2 heterocycles. The molecule has 0 aliphatic carbocycles. The van der Waals surface area contributed by atoms with Crippen molar-refractivity contribution in [3.63, 3.8) is 0 Å². The molecule has 2 N–H and O–H groups in total. The largest absolute Gasteiger partial charge is 0.443 e. The molecule has 1 aromatic carbocycles. The molecule has 0 aliphatic rings. The van der Waals surface area contributed by atoms with Crippen molar-refractivity contribution in [3.8, 4) is 10.8 Å². The van der Waals surface area contributed by atoms with E-state index in [0.717, 1.165) is 23.1 Å². The molecule has 0 spiro atoms. The number of oxazole rings is 1. The summed E-state index contributed by atoms with van der Waals surface area (Å²) in [5, 5.41) is 8.64. The second-order valence-corrected chi connectivity index (χ2v) is 6.69. The van der Waals surface area contributed by atoms with Crippen LogP contribution in [-0.4, -0.2) is 24.5 Å². The van der Waals surface area contributed by atoms with Gasteiger partial charge in [0.05, 0.1) is 17.1 Å². The van der Waals surface area contributed by atoms with Gasteiger partial charge in [0.1, 0.15) is 6.26 Å². The number of guanidine groups is 1. The van der Waals surface area contributed by atoms with Gasteiger partial charge in [0.25, 0.3) is 0 Å². The molecule has 0 radical (unpaired) electrons. The number of hydrogen-bond donors (Lipinski definition) is 2. The van der Waals surface area contributed by atoms with E-state index >= 15 is 0 Å². The van der Waals surface area contributed by atoms with Crippen LogP contribution in [0.15, 0.2) is 63.5 Å². The summed E-state index contributed by atoms with van der Waals surface area (Å²) >= 11 is 1.61. The van der Waals surface area contributed by atoms with Crippen LogP contribution in [0.5, 0.6) is 0 Å². The molecule has 1 atom stereocenters. The molecule has 0 amide bonds. The lowest BCUT2D eigenvalue weighted by Crippen LogP contribution is -2.38. The maximum absolute atomic E-state index is 5.53. The lowest BCUT2D eigenvalue weighted by Gasteiger charge is -2.16. The minimum Gasteiger partial charge on any atom is -0.443 e. The van der Waals surface area contributed by atoms with E-state index in [4.69, 9.17) is 4.42 Å². The molecule has 1 unspecified atom stereocenters. The van der Waals surface area contributed by atoms with Gasteiger partial charge in [-0.1, -0.05) is 43.3 Å². The van der Waals surface area contributed by atoms with E-state index < -0.39 is 0 Å². The van der Waals surface area contributed by atoms with Gasteiger partial charge in [0.15, 0.2) is 5.96 Å². The SMILES string of the molecule is CN=C(NCc1coc(-c2cccs2)n1)NCC(C)c1ccccc1.